The summed E-state index contributed by atoms with van der Waals surface area (Å²) in [5.41, 5.74) is 0. The van der Waals surface area contributed by atoms with Gasteiger partial charge in [0.2, 0.25) is 0 Å². The summed E-state index contributed by atoms with van der Waals surface area (Å²) in [5.74, 6) is -0.968. The molecule has 0 aliphatic carbocycles. The first-order valence-corrected chi connectivity index (χ1v) is 20.8. The van der Waals surface area contributed by atoms with Crippen LogP contribution in [0, 0.1) is 0 Å². The quantitative estimate of drug-likeness (QED) is 0.0278. The van der Waals surface area contributed by atoms with E-state index >= 15 is 0 Å². The topological polar surface area (TPSA) is 78.9 Å². The average molecular weight is 713 g/mol. The fourth-order valence-electron chi connectivity index (χ4n) is 5.42. The summed E-state index contributed by atoms with van der Waals surface area (Å²) in [7, 11) is 0. The van der Waals surface area contributed by atoms with E-state index in [1.54, 1.807) is 0 Å². The summed E-state index contributed by atoms with van der Waals surface area (Å²) in [6, 6.07) is 0. The van der Waals surface area contributed by atoms with Crippen LogP contribution in [0.1, 0.15) is 188 Å². The molecule has 0 fully saturated rings. The lowest BCUT2D eigenvalue weighted by atomic mass is 10.1. The van der Waals surface area contributed by atoms with Gasteiger partial charge >= 0.3 is 17.9 Å². The Morgan fingerprint density at radius 3 is 1.20 bits per heavy atom. The molecule has 0 spiro atoms. The molecule has 51 heavy (non-hydrogen) atoms. The third kappa shape index (κ3) is 38.2. The van der Waals surface area contributed by atoms with Crippen molar-refractivity contribution in [2.75, 3.05) is 13.2 Å². The van der Waals surface area contributed by atoms with Gasteiger partial charge in [-0.1, -0.05) is 171 Å². The van der Waals surface area contributed by atoms with Crippen molar-refractivity contribution in [3.05, 3.63) is 60.8 Å². The molecule has 0 amide bonds. The highest BCUT2D eigenvalue weighted by Gasteiger charge is 2.19. The smallest absolute Gasteiger partial charge is 0.306 e. The van der Waals surface area contributed by atoms with E-state index in [0.717, 1.165) is 77.0 Å². The van der Waals surface area contributed by atoms with Crippen molar-refractivity contribution in [2.45, 2.75) is 194 Å². The summed E-state index contributed by atoms with van der Waals surface area (Å²) in [5, 5.41) is 0. The maximum atomic E-state index is 12.6. The molecule has 6 nitrogen and oxygen atoms in total. The van der Waals surface area contributed by atoms with Gasteiger partial charge in [-0.25, -0.2) is 0 Å². The molecular weight excluding hydrogens is 636 g/mol. The van der Waals surface area contributed by atoms with E-state index in [1.807, 2.05) is 0 Å². The minimum Gasteiger partial charge on any atom is -0.462 e. The monoisotopic (exact) mass is 713 g/mol. The number of unbranched alkanes of at least 4 members (excludes halogenated alkanes) is 15. The molecule has 0 heterocycles. The molecule has 0 radical (unpaired) electrons. The zero-order chi connectivity index (χ0) is 37.3. The Morgan fingerprint density at radius 1 is 0.412 bits per heavy atom. The highest BCUT2D eigenvalue weighted by atomic mass is 16.6. The highest BCUT2D eigenvalue weighted by molar-refractivity contribution is 5.71. The van der Waals surface area contributed by atoms with Gasteiger partial charge in [-0.2, -0.15) is 0 Å². The first kappa shape index (κ1) is 48.1. The van der Waals surface area contributed by atoms with Crippen LogP contribution < -0.4 is 0 Å². The molecule has 1 atom stereocenters. The van der Waals surface area contributed by atoms with Crippen molar-refractivity contribution < 1.29 is 28.6 Å². The minimum atomic E-state index is -0.788. The Balaban J connectivity index is 4.40. The molecule has 0 aromatic heterocycles. The predicted molar refractivity (Wildman–Crippen MR) is 215 cm³/mol. The Labute approximate surface area is 313 Å². The number of allylic oxidation sites excluding steroid dienone is 10. The second-order valence-corrected chi connectivity index (χ2v) is 13.5. The molecule has 0 aliphatic heterocycles. The lowest BCUT2D eigenvalue weighted by molar-refractivity contribution is -0.167. The minimum absolute atomic E-state index is 0.0911. The van der Waals surface area contributed by atoms with Crippen LogP contribution in [0.4, 0.5) is 0 Å². The predicted octanol–water partition coefficient (Wildman–Crippen LogP) is 13.0. The summed E-state index contributed by atoms with van der Waals surface area (Å²) in [6.45, 7) is 6.38. The number of carbonyl (C=O) groups excluding carboxylic acids is 3. The maximum absolute atomic E-state index is 12.6. The molecule has 1 unspecified atom stereocenters. The van der Waals surface area contributed by atoms with E-state index < -0.39 is 6.10 Å². The van der Waals surface area contributed by atoms with E-state index in [1.165, 1.54) is 64.2 Å². The van der Waals surface area contributed by atoms with Crippen molar-refractivity contribution in [3.8, 4) is 0 Å². The Bertz CT molecular complexity index is 960. The van der Waals surface area contributed by atoms with Crippen LogP contribution in [0.2, 0.25) is 0 Å². The van der Waals surface area contributed by atoms with Gasteiger partial charge in [0, 0.05) is 19.3 Å². The first-order valence-electron chi connectivity index (χ1n) is 20.8. The standard InChI is InChI=1S/C45H76O6/c1-4-7-10-13-16-18-19-20-21-22-23-24-25-27-29-32-35-38-44(47)50-41-42(40-49-43(46)37-34-31-28-15-12-9-6-3)51-45(48)39-36-33-30-26-17-14-11-8-5-2/h7,10,16,18,20-21,23-24,27,29,42H,4-6,8-9,11-15,17,19,22,25-26,28,30-41H2,1-3H3/b10-7-,18-16-,21-20-,24-23-,29-27-. The lowest BCUT2D eigenvalue weighted by Crippen LogP contribution is -2.30. The van der Waals surface area contributed by atoms with Crippen LogP contribution >= 0.6 is 0 Å². The maximum Gasteiger partial charge on any atom is 0.306 e. The molecule has 0 saturated carbocycles. The van der Waals surface area contributed by atoms with Crippen LogP contribution in [-0.4, -0.2) is 37.2 Å². The van der Waals surface area contributed by atoms with E-state index in [4.69, 9.17) is 14.2 Å². The van der Waals surface area contributed by atoms with Crippen molar-refractivity contribution >= 4 is 17.9 Å². The van der Waals surface area contributed by atoms with E-state index in [9.17, 15) is 14.4 Å². The Morgan fingerprint density at radius 2 is 0.765 bits per heavy atom. The van der Waals surface area contributed by atoms with Crippen LogP contribution in [0.25, 0.3) is 0 Å². The van der Waals surface area contributed by atoms with Crippen molar-refractivity contribution in [1.29, 1.82) is 0 Å². The van der Waals surface area contributed by atoms with Gasteiger partial charge < -0.3 is 14.2 Å². The summed E-state index contributed by atoms with van der Waals surface area (Å²) in [4.78, 5) is 37.4. The van der Waals surface area contributed by atoms with E-state index in [0.29, 0.717) is 19.3 Å². The summed E-state index contributed by atoms with van der Waals surface area (Å²) in [6.07, 6.45) is 46.5. The lowest BCUT2D eigenvalue weighted by Gasteiger charge is -2.18. The second kappa shape index (κ2) is 39.9. The fraction of sp³-hybridized carbons (Fsp3) is 0.711. The van der Waals surface area contributed by atoms with Gasteiger partial charge in [0.05, 0.1) is 0 Å². The summed E-state index contributed by atoms with van der Waals surface area (Å²) >= 11 is 0. The zero-order valence-electron chi connectivity index (χ0n) is 33.1. The van der Waals surface area contributed by atoms with Crippen LogP contribution in [0.5, 0.6) is 0 Å². The highest BCUT2D eigenvalue weighted by Crippen LogP contribution is 2.13. The number of rotatable bonds is 36. The SMILES string of the molecule is CC/C=C\C/C=C\C/C=C\C/C=C\C/C=C\CCCC(=O)OCC(COC(=O)CCCCCCCCC)OC(=O)CCCCCCCCCCC. The molecule has 0 aliphatic rings. The third-order valence-electron chi connectivity index (χ3n) is 8.54. The molecule has 0 N–H and O–H groups in total. The normalized spacial score (nSPS) is 12.6. The van der Waals surface area contributed by atoms with E-state index in [-0.39, 0.29) is 37.5 Å². The molecule has 0 aromatic carbocycles. The number of ether oxygens (including phenoxy) is 3. The Hall–Kier alpha value is -2.89. The van der Waals surface area contributed by atoms with Gasteiger partial charge in [-0.3, -0.25) is 14.4 Å². The van der Waals surface area contributed by atoms with E-state index in [2.05, 4.69) is 81.5 Å². The molecule has 6 heteroatoms. The molecule has 0 aromatic rings. The number of carbonyl (C=O) groups is 3. The van der Waals surface area contributed by atoms with Gasteiger partial charge in [-0.15, -0.1) is 0 Å². The summed E-state index contributed by atoms with van der Waals surface area (Å²) < 4.78 is 16.5. The van der Waals surface area contributed by atoms with Gasteiger partial charge in [0.15, 0.2) is 6.10 Å². The third-order valence-corrected chi connectivity index (χ3v) is 8.54. The van der Waals surface area contributed by atoms with Crippen LogP contribution in [0.3, 0.4) is 0 Å². The molecular formula is C45H76O6. The van der Waals surface area contributed by atoms with Crippen LogP contribution in [0.15, 0.2) is 60.8 Å². The Kier molecular flexibility index (Phi) is 37.6. The fourth-order valence-corrected chi connectivity index (χ4v) is 5.42. The number of hydrogen-bond donors (Lipinski definition) is 0. The molecule has 292 valence electrons. The van der Waals surface area contributed by atoms with Crippen molar-refractivity contribution in [2.24, 2.45) is 0 Å². The average Bonchev–Trinajstić information content (AvgIpc) is 3.12. The molecule has 0 bridgehead atoms. The first-order chi connectivity index (χ1) is 25.0. The van der Waals surface area contributed by atoms with Gasteiger partial charge in [0.1, 0.15) is 13.2 Å². The van der Waals surface area contributed by atoms with Crippen molar-refractivity contribution in [3.63, 3.8) is 0 Å². The molecule has 0 rings (SSSR count). The van der Waals surface area contributed by atoms with Crippen LogP contribution in [-0.2, 0) is 28.6 Å². The van der Waals surface area contributed by atoms with Crippen molar-refractivity contribution in [1.82, 2.24) is 0 Å². The second-order valence-electron chi connectivity index (χ2n) is 13.5. The van der Waals surface area contributed by atoms with Gasteiger partial charge in [-0.05, 0) is 57.8 Å². The number of esters is 3. The number of hydrogen-bond acceptors (Lipinski definition) is 6. The van der Waals surface area contributed by atoms with Gasteiger partial charge in [0.25, 0.3) is 0 Å². The zero-order valence-corrected chi connectivity index (χ0v) is 33.1. The largest absolute Gasteiger partial charge is 0.462 e. The molecule has 0 saturated heterocycles.